The van der Waals surface area contributed by atoms with Crippen molar-refractivity contribution < 1.29 is 17.9 Å². The summed E-state index contributed by atoms with van der Waals surface area (Å²) in [4.78, 5) is 12.9. The maximum Gasteiger partial charge on any atom is 0.264 e. The highest BCUT2D eigenvalue weighted by molar-refractivity contribution is 7.99. The monoisotopic (exact) mass is 524 g/mol. The molecule has 1 N–H and O–H groups in total. The zero-order valence-electron chi connectivity index (χ0n) is 19.8. The van der Waals surface area contributed by atoms with Gasteiger partial charge in [-0.2, -0.15) is 11.8 Å². The average Bonchev–Trinajstić information content (AvgIpc) is 2.83. The molecule has 2 aromatic rings. The van der Waals surface area contributed by atoms with Gasteiger partial charge in [-0.25, -0.2) is 8.42 Å². The van der Waals surface area contributed by atoms with Crippen molar-refractivity contribution in [1.82, 2.24) is 5.32 Å². The Labute approximate surface area is 212 Å². The van der Waals surface area contributed by atoms with Gasteiger partial charge in [0, 0.05) is 11.8 Å². The van der Waals surface area contributed by atoms with Crippen molar-refractivity contribution in [2.24, 2.45) is 0 Å². The molecule has 0 bridgehead atoms. The number of nitrogens with one attached hydrogen (secondary N) is 1. The fourth-order valence-corrected chi connectivity index (χ4v) is 6.91. The summed E-state index contributed by atoms with van der Waals surface area (Å²) >= 11 is 8.24. The summed E-state index contributed by atoms with van der Waals surface area (Å²) in [5, 5.41) is 3.88. The Morgan fingerprint density at radius 3 is 2.50 bits per heavy atom. The lowest BCUT2D eigenvalue weighted by Gasteiger charge is -2.25. The molecule has 1 aliphatic carbocycles. The van der Waals surface area contributed by atoms with Gasteiger partial charge in [0.25, 0.3) is 10.0 Å². The van der Waals surface area contributed by atoms with Crippen LogP contribution in [0.2, 0.25) is 5.02 Å². The predicted molar refractivity (Wildman–Crippen MR) is 141 cm³/mol. The minimum Gasteiger partial charge on any atom is -0.495 e. The lowest BCUT2D eigenvalue weighted by molar-refractivity contribution is -0.119. The normalized spacial score (nSPS) is 14.6. The number of carbonyl (C=O) groups is 1. The Bertz CT molecular complexity index is 1060. The third kappa shape index (κ3) is 7.30. The van der Waals surface area contributed by atoms with Gasteiger partial charge in [-0.3, -0.25) is 9.10 Å². The molecule has 0 unspecified atom stereocenters. The summed E-state index contributed by atoms with van der Waals surface area (Å²) in [6.07, 6.45) is 7.39. The number of sulfonamides is 1. The number of nitrogens with zero attached hydrogens (tertiary/aromatic N) is 1. The first-order valence-electron chi connectivity index (χ1n) is 11.6. The number of hydrogen-bond acceptors (Lipinski definition) is 5. The van der Waals surface area contributed by atoms with E-state index in [1.807, 2.05) is 18.7 Å². The van der Waals surface area contributed by atoms with Crippen LogP contribution in [0.25, 0.3) is 0 Å². The molecular weight excluding hydrogens is 492 g/mol. The highest BCUT2D eigenvalue weighted by Crippen LogP contribution is 2.32. The van der Waals surface area contributed by atoms with Crippen LogP contribution in [0.15, 0.2) is 47.4 Å². The van der Waals surface area contributed by atoms with Crippen LogP contribution in [0.1, 0.15) is 44.1 Å². The molecule has 0 aromatic heterocycles. The molecule has 0 atom stereocenters. The van der Waals surface area contributed by atoms with Crippen LogP contribution in [0, 0.1) is 6.92 Å². The number of amides is 1. The third-order valence-electron chi connectivity index (χ3n) is 5.87. The van der Waals surface area contributed by atoms with Crippen molar-refractivity contribution in [1.29, 1.82) is 0 Å². The molecule has 1 saturated carbocycles. The number of halogens is 1. The van der Waals surface area contributed by atoms with Crippen LogP contribution in [0.5, 0.6) is 5.75 Å². The fourth-order valence-electron chi connectivity index (χ4n) is 3.93. The van der Waals surface area contributed by atoms with Gasteiger partial charge in [-0.1, -0.05) is 48.6 Å². The zero-order chi connectivity index (χ0) is 24.6. The van der Waals surface area contributed by atoms with Crippen LogP contribution in [-0.4, -0.2) is 45.5 Å². The first kappa shape index (κ1) is 26.7. The fraction of sp³-hybridized carbons (Fsp3) is 0.480. The van der Waals surface area contributed by atoms with Crippen molar-refractivity contribution in [3.63, 3.8) is 0 Å². The van der Waals surface area contributed by atoms with Crippen molar-refractivity contribution in [3.05, 3.63) is 53.1 Å². The molecule has 1 aliphatic rings. The summed E-state index contributed by atoms with van der Waals surface area (Å²) in [6, 6.07) is 11.2. The third-order valence-corrected chi connectivity index (χ3v) is 9.42. The van der Waals surface area contributed by atoms with Crippen LogP contribution in [0.3, 0.4) is 0 Å². The van der Waals surface area contributed by atoms with Gasteiger partial charge in [0.05, 0.1) is 22.7 Å². The van der Waals surface area contributed by atoms with Gasteiger partial charge >= 0.3 is 0 Å². The summed E-state index contributed by atoms with van der Waals surface area (Å²) in [5.74, 6) is 1.06. The largest absolute Gasteiger partial charge is 0.495 e. The number of carbonyl (C=O) groups excluding carboxylic acids is 1. The van der Waals surface area contributed by atoms with Crippen LogP contribution in [0.4, 0.5) is 5.69 Å². The van der Waals surface area contributed by atoms with E-state index in [4.69, 9.17) is 16.3 Å². The lowest BCUT2D eigenvalue weighted by atomic mass is 10.0. The van der Waals surface area contributed by atoms with Gasteiger partial charge in [0.2, 0.25) is 5.91 Å². The molecule has 1 amide bonds. The number of rotatable bonds is 11. The van der Waals surface area contributed by atoms with E-state index in [2.05, 4.69) is 5.32 Å². The Morgan fingerprint density at radius 1 is 1.15 bits per heavy atom. The minimum absolute atomic E-state index is 0.113. The molecule has 0 aliphatic heterocycles. The summed E-state index contributed by atoms with van der Waals surface area (Å²) in [6.45, 7) is 2.06. The molecule has 0 heterocycles. The predicted octanol–water partition coefficient (Wildman–Crippen LogP) is 5.42. The van der Waals surface area contributed by atoms with E-state index in [9.17, 15) is 13.2 Å². The Morgan fingerprint density at radius 2 is 1.85 bits per heavy atom. The average molecular weight is 525 g/mol. The summed E-state index contributed by atoms with van der Waals surface area (Å²) in [7, 11) is -2.50. The Kier molecular flexibility index (Phi) is 9.97. The number of hydrogen-bond donors (Lipinski definition) is 1. The molecule has 186 valence electrons. The van der Waals surface area contributed by atoms with E-state index in [-0.39, 0.29) is 22.4 Å². The number of anilines is 1. The number of methoxy groups -OCH3 is 1. The van der Waals surface area contributed by atoms with Crippen molar-refractivity contribution in [3.8, 4) is 5.75 Å². The maximum atomic E-state index is 13.5. The number of benzene rings is 2. The van der Waals surface area contributed by atoms with E-state index < -0.39 is 10.0 Å². The van der Waals surface area contributed by atoms with E-state index in [0.29, 0.717) is 18.0 Å². The first-order chi connectivity index (χ1) is 16.3. The molecular formula is C25H33ClN2O4S2. The van der Waals surface area contributed by atoms with E-state index >= 15 is 0 Å². The van der Waals surface area contributed by atoms with Crippen LogP contribution in [-0.2, 0) is 14.8 Å². The number of ether oxygens (including phenoxy) is 1. The maximum absolute atomic E-state index is 13.5. The van der Waals surface area contributed by atoms with E-state index in [1.165, 1.54) is 45.3 Å². The Balaban J connectivity index is 1.67. The van der Waals surface area contributed by atoms with E-state index in [0.717, 1.165) is 27.3 Å². The van der Waals surface area contributed by atoms with Crippen LogP contribution < -0.4 is 14.4 Å². The highest BCUT2D eigenvalue weighted by atomic mass is 35.5. The highest BCUT2D eigenvalue weighted by Gasteiger charge is 2.27. The SMILES string of the molecule is COc1ccc(N(CC(=O)NCCCSC2CCCCC2)S(=O)(=O)c2ccc(C)cc2)cc1Cl. The standard InChI is InChI=1S/C25H33ClN2O4S2/c1-19-9-12-22(13-10-19)34(30,31)28(20-11-14-24(32-2)23(26)17-20)18-25(29)27-15-6-16-33-21-7-4-3-5-8-21/h9-14,17,21H,3-8,15-16,18H2,1-2H3,(H,27,29). The smallest absolute Gasteiger partial charge is 0.264 e. The van der Waals surface area contributed by atoms with Gasteiger partial charge in [-0.15, -0.1) is 0 Å². The van der Waals surface area contributed by atoms with Crippen molar-refractivity contribution in [2.75, 3.05) is 30.3 Å². The molecule has 2 aromatic carbocycles. The molecule has 3 rings (SSSR count). The van der Waals surface area contributed by atoms with Gasteiger partial charge in [-0.05, 0) is 62.3 Å². The molecule has 0 spiro atoms. The second-order valence-electron chi connectivity index (χ2n) is 8.48. The minimum atomic E-state index is -3.98. The zero-order valence-corrected chi connectivity index (χ0v) is 22.1. The molecule has 1 fully saturated rings. The molecule has 9 heteroatoms. The van der Waals surface area contributed by atoms with Gasteiger partial charge < -0.3 is 10.1 Å². The summed E-state index contributed by atoms with van der Waals surface area (Å²) in [5.41, 5.74) is 1.25. The molecule has 0 saturated heterocycles. The van der Waals surface area contributed by atoms with Gasteiger partial charge in [0.15, 0.2) is 0 Å². The van der Waals surface area contributed by atoms with Crippen molar-refractivity contribution in [2.45, 2.75) is 55.6 Å². The topological polar surface area (TPSA) is 75.7 Å². The van der Waals surface area contributed by atoms with Crippen LogP contribution >= 0.6 is 23.4 Å². The van der Waals surface area contributed by atoms with Crippen molar-refractivity contribution >= 4 is 45.0 Å². The van der Waals surface area contributed by atoms with E-state index in [1.54, 1.807) is 36.4 Å². The number of thioether (sulfide) groups is 1. The summed E-state index contributed by atoms with van der Waals surface area (Å²) < 4.78 is 33.2. The molecule has 0 radical (unpaired) electrons. The second kappa shape index (κ2) is 12.7. The number of aryl methyl sites for hydroxylation is 1. The first-order valence-corrected chi connectivity index (χ1v) is 14.5. The molecule has 6 nitrogen and oxygen atoms in total. The Hall–Kier alpha value is -1.90. The lowest BCUT2D eigenvalue weighted by Crippen LogP contribution is -2.41. The molecule has 34 heavy (non-hydrogen) atoms. The quantitative estimate of drug-likeness (QED) is 0.397. The van der Waals surface area contributed by atoms with Gasteiger partial charge in [0.1, 0.15) is 12.3 Å². The second-order valence-corrected chi connectivity index (χ2v) is 12.2.